The molecule has 1 aromatic carbocycles. The summed E-state index contributed by atoms with van der Waals surface area (Å²) in [6.45, 7) is 1.98. The summed E-state index contributed by atoms with van der Waals surface area (Å²) in [4.78, 5) is 13.8. The lowest BCUT2D eigenvalue weighted by atomic mass is 10.2. The molecule has 0 saturated carbocycles. The van der Waals surface area contributed by atoms with Crippen molar-refractivity contribution in [2.75, 3.05) is 11.5 Å². The Balaban J connectivity index is 2.76. The van der Waals surface area contributed by atoms with Crippen molar-refractivity contribution in [1.29, 1.82) is 0 Å². The molecule has 0 amide bonds. The number of aromatic amines is 1. The summed E-state index contributed by atoms with van der Waals surface area (Å²) in [5.74, 6) is 0.155. The Bertz CT molecular complexity index is 669. The van der Waals surface area contributed by atoms with Crippen LogP contribution >= 0.6 is 12.2 Å². The van der Waals surface area contributed by atoms with Gasteiger partial charge in [-0.3, -0.25) is 14.3 Å². The van der Waals surface area contributed by atoms with Gasteiger partial charge in [0.05, 0.1) is 0 Å². The van der Waals surface area contributed by atoms with Gasteiger partial charge in [-0.25, -0.2) is 0 Å². The van der Waals surface area contributed by atoms with Crippen molar-refractivity contribution in [3.63, 3.8) is 0 Å². The number of nitrogens with zero attached hydrogens (tertiary/aromatic N) is 1. The smallest absolute Gasteiger partial charge is 0.277 e. The minimum Gasteiger partial charge on any atom is -0.391 e. The zero-order valence-corrected chi connectivity index (χ0v) is 10.0. The maximum absolute atomic E-state index is 11.4. The molecule has 1 aromatic heterocycles. The van der Waals surface area contributed by atoms with Crippen LogP contribution in [0.3, 0.4) is 0 Å². The lowest BCUT2D eigenvalue weighted by Crippen LogP contribution is -2.20. The van der Waals surface area contributed by atoms with Gasteiger partial charge >= 0.3 is 0 Å². The van der Waals surface area contributed by atoms with Gasteiger partial charge < -0.3 is 11.5 Å². The van der Waals surface area contributed by atoms with E-state index in [9.17, 15) is 4.79 Å². The predicted octanol–water partition coefficient (Wildman–Crippen LogP) is 1.37. The molecule has 0 saturated heterocycles. The van der Waals surface area contributed by atoms with E-state index in [0.29, 0.717) is 0 Å². The van der Waals surface area contributed by atoms with Crippen LogP contribution in [0.1, 0.15) is 5.56 Å². The van der Waals surface area contributed by atoms with E-state index in [1.165, 1.54) is 4.57 Å². The molecule has 2 rings (SSSR count). The number of aryl methyl sites for hydroxylation is 1. The number of benzene rings is 1. The maximum atomic E-state index is 11.4. The molecule has 0 aliphatic carbocycles. The van der Waals surface area contributed by atoms with Crippen molar-refractivity contribution in [3.05, 3.63) is 45.0 Å². The average molecular weight is 248 g/mol. The van der Waals surface area contributed by atoms with Crippen LogP contribution in [-0.2, 0) is 0 Å². The Kier molecular flexibility index (Phi) is 2.72. The number of hydrogen-bond donors (Lipinski definition) is 3. The number of anilines is 2. The fraction of sp³-hybridized carbons (Fsp3) is 0.0909. The second-order valence-corrected chi connectivity index (χ2v) is 4.12. The van der Waals surface area contributed by atoms with E-state index in [1.807, 2.05) is 31.2 Å². The fourth-order valence-electron chi connectivity index (χ4n) is 1.52. The Morgan fingerprint density at radius 1 is 1.24 bits per heavy atom. The molecule has 0 aliphatic heterocycles. The molecule has 0 spiro atoms. The first-order valence-corrected chi connectivity index (χ1v) is 5.39. The highest BCUT2D eigenvalue weighted by atomic mass is 32.1. The number of hydrogen-bond acceptors (Lipinski definition) is 4. The van der Waals surface area contributed by atoms with Crippen LogP contribution in [0.5, 0.6) is 0 Å². The van der Waals surface area contributed by atoms with E-state index < -0.39 is 5.56 Å². The van der Waals surface area contributed by atoms with Crippen molar-refractivity contribution in [3.8, 4) is 5.69 Å². The van der Waals surface area contributed by atoms with Crippen LogP contribution in [0.15, 0.2) is 29.1 Å². The fourth-order valence-corrected chi connectivity index (χ4v) is 1.81. The summed E-state index contributed by atoms with van der Waals surface area (Å²) in [6, 6.07) is 7.58. The van der Waals surface area contributed by atoms with Crippen LogP contribution < -0.4 is 17.0 Å². The molecule has 0 unspecified atom stereocenters. The Hall–Kier alpha value is -2.08. The lowest BCUT2D eigenvalue weighted by Gasteiger charge is -2.12. The standard InChI is InChI=1S/C11H12N4OS/c1-6-2-4-7(5-3-6)15-9(13)8(12)10(16)14-11(15)17/h2-5H,12-13H2,1H3,(H,14,16,17). The van der Waals surface area contributed by atoms with E-state index in [0.717, 1.165) is 11.3 Å². The molecular weight excluding hydrogens is 236 g/mol. The van der Waals surface area contributed by atoms with Gasteiger partial charge in [-0.1, -0.05) is 17.7 Å². The molecule has 0 aliphatic rings. The topological polar surface area (TPSA) is 89.8 Å². The molecule has 5 N–H and O–H groups in total. The number of aromatic nitrogens is 2. The monoisotopic (exact) mass is 248 g/mol. The predicted molar refractivity (Wildman–Crippen MR) is 70.8 cm³/mol. The van der Waals surface area contributed by atoms with Gasteiger partial charge in [0, 0.05) is 5.69 Å². The minimum absolute atomic E-state index is 0.0285. The van der Waals surface area contributed by atoms with Gasteiger partial charge in [0.15, 0.2) is 4.77 Å². The quantitative estimate of drug-likeness (QED) is 0.665. The van der Waals surface area contributed by atoms with E-state index in [1.54, 1.807) is 0 Å². The third-order valence-corrected chi connectivity index (χ3v) is 2.76. The van der Waals surface area contributed by atoms with Gasteiger partial charge in [0.1, 0.15) is 11.5 Å². The third kappa shape index (κ3) is 1.94. The number of nitrogen functional groups attached to an aromatic ring is 2. The molecule has 0 radical (unpaired) electrons. The van der Waals surface area contributed by atoms with Crippen molar-refractivity contribution < 1.29 is 0 Å². The number of nitrogens with two attached hydrogens (primary N) is 2. The molecule has 88 valence electrons. The zero-order chi connectivity index (χ0) is 12.6. The van der Waals surface area contributed by atoms with Crippen molar-refractivity contribution >= 4 is 23.7 Å². The highest BCUT2D eigenvalue weighted by molar-refractivity contribution is 7.71. The van der Waals surface area contributed by atoms with Crippen LogP contribution in [-0.4, -0.2) is 9.55 Å². The third-order valence-electron chi connectivity index (χ3n) is 2.48. The molecule has 0 atom stereocenters. The first-order valence-electron chi connectivity index (χ1n) is 4.98. The Labute approximate surface area is 103 Å². The second-order valence-electron chi connectivity index (χ2n) is 3.73. The van der Waals surface area contributed by atoms with E-state index in [2.05, 4.69) is 4.98 Å². The van der Waals surface area contributed by atoms with Crippen LogP contribution in [0.25, 0.3) is 5.69 Å². The number of nitrogens with one attached hydrogen (secondary N) is 1. The Morgan fingerprint density at radius 3 is 2.41 bits per heavy atom. The molecule has 0 bridgehead atoms. The SMILES string of the molecule is Cc1ccc(-n2c(N)c(N)c(=O)[nH]c2=S)cc1. The highest BCUT2D eigenvalue weighted by Crippen LogP contribution is 2.16. The van der Waals surface area contributed by atoms with E-state index in [4.69, 9.17) is 23.7 Å². The highest BCUT2D eigenvalue weighted by Gasteiger charge is 2.08. The van der Waals surface area contributed by atoms with E-state index in [-0.39, 0.29) is 16.3 Å². The molecule has 17 heavy (non-hydrogen) atoms. The minimum atomic E-state index is -0.462. The molecule has 0 fully saturated rings. The van der Waals surface area contributed by atoms with Crippen molar-refractivity contribution in [2.24, 2.45) is 0 Å². The second kappa shape index (κ2) is 4.06. The van der Waals surface area contributed by atoms with Crippen molar-refractivity contribution in [2.45, 2.75) is 6.92 Å². The molecule has 5 nitrogen and oxygen atoms in total. The largest absolute Gasteiger partial charge is 0.391 e. The Morgan fingerprint density at radius 2 is 1.82 bits per heavy atom. The van der Waals surface area contributed by atoms with Crippen LogP contribution in [0.4, 0.5) is 11.5 Å². The summed E-state index contributed by atoms with van der Waals surface area (Å²) in [5, 5.41) is 0. The summed E-state index contributed by atoms with van der Waals surface area (Å²) < 4.78 is 1.76. The molecule has 1 heterocycles. The van der Waals surface area contributed by atoms with Crippen molar-refractivity contribution in [1.82, 2.24) is 9.55 Å². The lowest BCUT2D eigenvalue weighted by molar-refractivity contribution is 0.954. The first-order chi connectivity index (χ1) is 8.00. The molecule has 2 aromatic rings. The van der Waals surface area contributed by atoms with Crippen LogP contribution in [0, 0.1) is 11.7 Å². The van der Waals surface area contributed by atoms with Gasteiger partial charge in [0.2, 0.25) is 0 Å². The first kappa shape index (κ1) is 11.4. The normalized spacial score (nSPS) is 10.4. The number of rotatable bonds is 1. The maximum Gasteiger partial charge on any atom is 0.277 e. The van der Waals surface area contributed by atoms with Gasteiger partial charge in [-0.2, -0.15) is 0 Å². The van der Waals surface area contributed by atoms with E-state index >= 15 is 0 Å². The number of H-pyrrole nitrogens is 1. The summed E-state index contributed by atoms with van der Waals surface area (Å²) >= 11 is 5.07. The van der Waals surface area contributed by atoms with Crippen LogP contribution in [0.2, 0.25) is 0 Å². The van der Waals surface area contributed by atoms with Gasteiger partial charge in [-0.05, 0) is 31.3 Å². The van der Waals surface area contributed by atoms with Gasteiger partial charge in [-0.15, -0.1) is 0 Å². The molecular formula is C11H12N4OS. The summed E-state index contributed by atoms with van der Waals surface area (Å²) in [6.07, 6.45) is 0. The zero-order valence-electron chi connectivity index (χ0n) is 9.23. The molecule has 6 heteroatoms. The van der Waals surface area contributed by atoms with Gasteiger partial charge in [0.25, 0.3) is 5.56 Å². The average Bonchev–Trinajstić information content (AvgIpc) is 2.29. The summed E-state index contributed by atoms with van der Waals surface area (Å²) in [5.41, 5.74) is 12.8. The summed E-state index contributed by atoms with van der Waals surface area (Å²) in [7, 11) is 0.